The van der Waals surface area contributed by atoms with Crippen molar-refractivity contribution in [3.05, 3.63) is 24.3 Å². The fourth-order valence-electron chi connectivity index (χ4n) is 1.17. The van der Waals surface area contributed by atoms with Crippen LogP contribution in [0.5, 0.6) is 5.75 Å². The van der Waals surface area contributed by atoms with E-state index in [1.54, 1.807) is 0 Å². The molecular weight excluding hydrogens is 216 g/mol. The number of carbonyl (C=O) groups excluding carboxylic acids is 1. The summed E-state index contributed by atoms with van der Waals surface area (Å²) in [4.78, 5) is 10.8. The van der Waals surface area contributed by atoms with Crippen molar-refractivity contribution in [1.29, 1.82) is 0 Å². The molecule has 17 heavy (non-hydrogen) atoms. The molecule has 1 aromatic carbocycles. The van der Waals surface area contributed by atoms with E-state index in [9.17, 15) is 4.79 Å². The van der Waals surface area contributed by atoms with Crippen molar-refractivity contribution >= 4 is 11.6 Å². The van der Waals surface area contributed by atoms with Crippen LogP contribution >= 0.6 is 0 Å². The minimum absolute atomic E-state index is 0.0592. The van der Waals surface area contributed by atoms with E-state index in [1.807, 2.05) is 31.3 Å². The third kappa shape index (κ3) is 4.87. The highest BCUT2D eigenvalue weighted by Crippen LogP contribution is 2.16. The van der Waals surface area contributed by atoms with Crippen molar-refractivity contribution in [3.63, 3.8) is 0 Å². The number of hydrogen-bond acceptors (Lipinski definition) is 3. The van der Waals surface area contributed by atoms with Gasteiger partial charge in [-0.15, -0.1) is 0 Å². The minimum Gasteiger partial charge on any atom is -0.492 e. The van der Waals surface area contributed by atoms with E-state index in [4.69, 9.17) is 4.74 Å². The highest BCUT2D eigenvalue weighted by Gasteiger charge is 2.15. The molecule has 4 nitrogen and oxygen atoms in total. The second-order valence-corrected chi connectivity index (χ2v) is 4.63. The topological polar surface area (TPSA) is 50.4 Å². The lowest BCUT2D eigenvalue weighted by Crippen LogP contribution is -2.42. The first-order chi connectivity index (χ1) is 7.93. The van der Waals surface area contributed by atoms with Gasteiger partial charge in [-0.05, 0) is 45.2 Å². The number of ether oxygens (including phenoxy) is 1. The number of nitrogens with one attached hydrogen (secondary N) is 2. The maximum atomic E-state index is 10.8. The first-order valence-corrected chi connectivity index (χ1v) is 5.62. The molecule has 0 saturated carbocycles. The summed E-state index contributed by atoms with van der Waals surface area (Å²) in [6, 6.07) is 7.33. The minimum atomic E-state index is -0.0741. The lowest BCUT2D eigenvalue weighted by atomic mass is 10.1. The standard InChI is InChI=1S/C13H20N2O2/c1-10(16)15-11-5-7-12(8-6-11)17-9-13(2,3)14-4/h5-8,14H,9H2,1-4H3,(H,15,16). The highest BCUT2D eigenvalue weighted by atomic mass is 16.5. The Balaban J connectivity index is 2.54. The molecule has 4 heteroatoms. The molecule has 1 rings (SSSR count). The molecule has 2 N–H and O–H groups in total. The molecule has 0 fully saturated rings. The third-order valence-corrected chi connectivity index (χ3v) is 2.45. The van der Waals surface area contributed by atoms with Crippen LogP contribution in [0.25, 0.3) is 0 Å². The van der Waals surface area contributed by atoms with Gasteiger partial charge in [0.15, 0.2) is 0 Å². The molecule has 0 unspecified atom stereocenters. The molecule has 0 heterocycles. The van der Waals surface area contributed by atoms with Crippen molar-refractivity contribution in [1.82, 2.24) is 5.32 Å². The lowest BCUT2D eigenvalue weighted by molar-refractivity contribution is -0.114. The molecule has 94 valence electrons. The summed E-state index contributed by atoms with van der Waals surface area (Å²) in [5, 5.41) is 5.88. The van der Waals surface area contributed by atoms with E-state index < -0.39 is 0 Å². The zero-order valence-corrected chi connectivity index (χ0v) is 10.8. The van der Waals surface area contributed by atoms with Crippen molar-refractivity contribution in [2.45, 2.75) is 26.3 Å². The number of rotatable bonds is 5. The fourth-order valence-corrected chi connectivity index (χ4v) is 1.17. The summed E-state index contributed by atoms with van der Waals surface area (Å²) in [7, 11) is 1.91. The van der Waals surface area contributed by atoms with Crippen LogP contribution in [0.2, 0.25) is 0 Å². The van der Waals surface area contributed by atoms with Crippen molar-refractivity contribution in [2.75, 3.05) is 19.0 Å². The molecule has 0 aliphatic rings. The number of hydrogen-bond donors (Lipinski definition) is 2. The Morgan fingerprint density at radius 3 is 2.35 bits per heavy atom. The Kier molecular flexibility index (Phi) is 4.52. The van der Waals surface area contributed by atoms with E-state index in [2.05, 4.69) is 24.5 Å². The fraction of sp³-hybridized carbons (Fsp3) is 0.462. The molecule has 1 amide bonds. The first kappa shape index (κ1) is 13.5. The lowest BCUT2D eigenvalue weighted by Gasteiger charge is -2.24. The molecule has 0 spiro atoms. The summed E-state index contributed by atoms with van der Waals surface area (Å²) in [6.45, 7) is 6.21. The molecule has 0 aliphatic carbocycles. The van der Waals surface area contributed by atoms with Crippen LogP contribution in [-0.2, 0) is 4.79 Å². The van der Waals surface area contributed by atoms with Gasteiger partial charge < -0.3 is 15.4 Å². The van der Waals surface area contributed by atoms with Gasteiger partial charge in [0.25, 0.3) is 0 Å². The number of benzene rings is 1. The summed E-state index contributed by atoms with van der Waals surface area (Å²) >= 11 is 0. The van der Waals surface area contributed by atoms with E-state index in [1.165, 1.54) is 6.92 Å². The molecular formula is C13H20N2O2. The summed E-state index contributed by atoms with van der Waals surface area (Å²) < 4.78 is 5.65. The second-order valence-electron chi connectivity index (χ2n) is 4.63. The Bertz CT molecular complexity index is 372. The summed E-state index contributed by atoms with van der Waals surface area (Å²) in [6.07, 6.45) is 0. The molecule has 0 bridgehead atoms. The van der Waals surface area contributed by atoms with Gasteiger partial charge >= 0.3 is 0 Å². The largest absolute Gasteiger partial charge is 0.492 e. The zero-order valence-electron chi connectivity index (χ0n) is 10.8. The maximum Gasteiger partial charge on any atom is 0.221 e. The van der Waals surface area contributed by atoms with Gasteiger partial charge in [-0.2, -0.15) is 0 Å². The molecule has 1 aromatic rings. The second kappa shape index (κ2) is 5.68. The van der Waals surface area contributed by atoms with Gasteiger partial charge in [-0.1, -0.05) is 0 Å². The monoisotopic (exact) mass is 236 g/mol. The van der Waals surface area contributed by atoms with Gasteiger partial charge in [0, 0.05) is 18.2 Å². The highest BCUT2D eigenvalue weighted by molar-refractivity contribution is 5.88. The van der Waals surface area contributed by atoms with Crippen LogP contribution in [0.15, 0.2) is 24.3 Å². The number of likely N-dealkylation sites (N-methyl/N-ethyl adjacent to an activating group) is 1. The Hall–Kier alpha value is -1.55. The van der Waals surface area contributed by atoms with Gasteiger partial charge in [0.05, 0.1) is 0 Å². The number of carbonyl (C=O) groups is 1. The number of amides is 1. The van der Waals surface area contributed by atoms with E-state index in [0.717, 1.165) is 11.4 Å². The normalized spacial score (nSPS) is 11.1. The van der Waals surface area contributed by atoms with Gasteiger partial charge in [-0.3, -0.25) is 4.79 Å². The molecule has 0 saturated heterocycles. The van der Waals surface area contributed by atoms with Gasteiger partial charge in [-0.25, -0.2) is 0 Å². The average molecular weight is 236 g/mol. The number of anilines is 1. The third-order valence-electron chi connectivity index (χ3n) is 2.45. The van der Waals surface area contributed by atoms with Crippen LogP contribution in [0, 0.1) is 0 Å². The summed E-state index contributed by atoms with van der Waals surface area (Å²) in [5.41, 5.74) is 0.716. The molecule has 0 aromatic heterocycles. The Morgan fingerprint density at radius 2 is 1.88 bits per heavy atom. The van der Waals surface area contributed by atoms with Crippen LogP contribution in [0.1, 0.15) is 20.8 Å². The van der Waals surface area contributed by atoms with Crippen LogP contribution in [-0.4, -0.2) is 25.1 Å². The maximum absolute atomic E-state index is 10.8. The molecule has 0 aliphatic heterocycles. The van der Waals surface area contributed by atoms with Crippen molar-refractivity contribution in [2.24, 2.45) is 0 Å². The van der Waals surface area contributed by atoms with Gasteiger partial charge in [0.2, 0.25) is 5.91 Å². The Morgan fingerprint density at radius 1 is 1.29 bits per heavy atom. The quantitative estimate of drug-likeness (QED) is 0.822. The van der Waals surface area contributed by atoms with E-state index in [-0.39, 0.29) is 11.4 Å². The average Bonchev–Trinajstić information content (AvgIpc) is 2.28. The van der Waals surface area contributed by atoms with Crippen LogP contribution in [0.3, 0.4) is 0 Å². The van der Waals surface area contributed by atoms with Crippen molar-refractivity contribution < 1.29 is 9.53 Å². The zero-order chi connectivity index (χ0) is 12.9. The van der Waals surface area contributed by atoms with Crippen LogP contribution in [0.4, 0.5) is 5.69 Å². The van der Waals surface area contributed by atoms with Gasteiger partial charge in [0.1, 0.15) is 12.4 Å². The Labute approximate surface area is 102 Å². The molecule has 0 radical (unpaired) electrons. The van der Waals surface area contributed by atoms with Crippen molar-refractivity contribution in [3.8, 4) is 5.75 Å². The summed E-state index contributed by atoms with van der Waals surface area (Å²) in [5.74, 6) is 0.720. The van der Waals surface area contributed by atoms with Crippen LogP contribution < -0.4 is 15.4 Å². The molecule has 0 atom stereocenters. The van der Waals surface area contributed by atoms with E-state index in [0.29, 0.717) is 6.61 Å². The predicted octanol–water partition coefficient (Wildman–Crippen LogP) is 2.02. The first-order valence-electron chi connectivity index (χ1n) is 5.62. The smallest absolute Gasteiger partial charge is 0.221 e. The van der Waals surface area contributed by atoms with E-state index >= 15 is 0 Å². The SMILES string of the molecule is CNC(C)(C)COc1ccc(NC(C)=O)cc1. The predicted molar refractivity (Wildman–Crippen MR) is 69.4 cm³/mol.